The predicted molar refractivity (Wildman–Crippen MR) is 233 cm³/mol. The lowest BCUT2D eigenvalue weighted by atomic mass is 9.99. The molecule has 3 nitrogen and oxygen atoms in total. The number of para-hydroxylation sites is 3. The number of nitrogens with zero attached hydrogens (tertiary/aromatic N) is 3. The Balaban J connectivity index is 1.07. The Morgan fingerprint density at radius 1 is 0.327 bits per heavy atom. The first-order valence-corrected chi connectivity index (χ1v) is 18.9. The number of rotatable bonds is 5. The van der Waals surface area contributed by atoms with E-state index in [2.05, 4.69) is 214 Å². The fraction of sp³-hybridized carbons (Fsp3) is 0. The van der Waals surface area contributed by atoms with Gasteiger partial charge in [0, 0.05) is 55.1 Å². The Hall–Kier alpha value is -7.36. The Kier molecular flexibility index (Phi) is 6.34. The lowest BCUT2D eigenvalue weighted by Crippen LogP contribution is -2.09. The smallest absolute Gasteiger partial charge is 0.0626 e. The van der Waals surface area contributed by atoms with E-state index in [0.29, 0.717) is 0 Å². The van der Waals surface area contributed by atoms with Gasteiger partial charge < -0.3 is 13.9 Å². The first kappa shape index (κ1) is 30.1. The molecule has 0 fully saturated rings. The van der Waals surface area contributed by atoms with E-state index in [1.807, 2.05) is 0 Å². The highest BCUT2D eigenvalue weighted by Crippen LogP contribution is 2.45. The van der Waals surface area contributed by atoms with Gasteiger partial charge in [0.05, 0.1) is 27.6 Å². The summed E-state index contributed by atoms with van der Waals surface area (Å²) < 4.78 is 4.88. The third-order valence-corrected chi connectivity index (χ3v) is 11.6. The van der Waals surface area contributed by atoms with Gasteiger partial charge in [0.2, 0.25) is 0 Å². The molecule has 3 aromatic heterocycles. The number of fused-ring (bicyclic) bond motifs is 9. The molecule has 256 valence electrons. The lowest BCUT2D eigenvalue weighted by Gasteiger charge is -2.26. The summed E-state index contributed by atoms with van der Waals surface area (Å²) in [5.41, 5.74) is 13.1. The zero-order valence-corrected chi connectivity index (χ0v) is 29.9. The van der Waals surface area contributed by atoms with E-state index in [1.54, 1.807) is 0 Å². The molecule has 9 aromatic carbocycles. The normalized spacial score (nSPS) is 12.0. The molecule has 3 heterocycles. The minimum atomic E-state index is 1.12. The van der Waals surface area contributed by atoms with E-state index >= 15 is 0 Å². The quantitative estimate of drug-likeness (QED) is 0.129. The van der Waals surface area contributed by atoms with E-state index in [-0.39, 0.29) is 0 Å². The van der Waals surface area contributed by atoms with E-state index in [9.17, 15) is 0 Å². The molecule has 0 spiro atoms. The van der Waals surface area contributed by atoms with Gasteiger partial charge >= 0.3 is 0 Å². The van der Waals surface area contributed by atoms with Crippen LogP contribution in [0.2, 0.25) is 0 Å². The zero-order chi connectivity index (χ0) is 36.0. The Morgan fingerprint density at radius 3 is 1.65 bits per heavy atom. The van der Waals surface area contributed by atoms with Crippen molar-refractivity contribution in [3.8, 4) is 16.8 Å². The number of anilines is 3. The van der Waals surface area contributed by atoms with Crippen molar-refractivity contribution in [2.75, 3.05) is 4.90 Å². The van der Waals surface area contributed by atoms with Crippen molar-refractivity contribution in [3.05, 3.63) is 200 Å². The maximum absolute atomic E-state index is 2.49. The van der Waals surface area contributed by atoms with Crippen LogP contribution in [0.5, 0.6) is 0 Å². The highest BCUT2D eigenvalue weighted by atomic mass is 15.1. The standard InChI is InChI=1S/C52H33N3/c1-3-12-34(13-4-1)35-22-25-38(26-23-35)54-47-20-9-8-18-42(47)45-32-39(27-30-49(45)54)53(37-15-5-2-6-16-37)40-28-31-50-46(33-40)44-29-24-36-14-11-19-43-41-17-7-10-21-48(41)55(50)52(44)51(36)43/h1-33H. The molecule has 3 heteroatoms. The molecule has 0 radical (unpaired) electrons. The first-order chi connectivity index (χ1) is 27.3. The van der Waals surface area contributed by atoms with Crippen LogP contribution in [0.4, 0.5) is 17.1 Å². The third-order valence-electron chi connectivity index (χ3n) is 11.6. The van der Waals surface area contributed by atoms with Crippen LogP contribution in [0, 0.1) is 0 Å². The molecule has 0 aliphatic heterocycles. The van der Waals surface area contributed by atoms with Crippen molar-refractivity contribution in [1.82, 2.24) is 8.97 Å². The monoisotopic (exact) mass is 699 g/mol. The molecule has 0 aliphatic carbocycles. The second-order valence-corrected chi connectivity index (χ2v) is 14.6. The Bertz CT molecular complexity index is 3390. The molecule has 12 rings (SSSR count). The first-order valence-electron chi connectivity index (χ1n) is 18.9. The molecule has 0 aliphatic rings. The average molecular weight is 700 g/mol. The van der Waals surface area contributed by atoms with Crippen LogP contribution in [0.15, 0.2) is 200 Å². The van der Waals surface area contributed by atoms with Crippen molar-refractivity contribution in [1.29, 1.82) is 0 Å². The van der Waals surface area contributed by atoms with E-state index < -0.39 is 0 Å². The molecule has 0 N–H and O–H groups in total. The van der Waals surface area contributed by atoms with Crippen molar-refractivity contribution in [2.45, 2.75) is 0 Å². The fourth-order valence-corrected chi connectivity index (χ4v) is 9.21. The second kappa shape index (κ2) is 11.6. The van der Waals surface area contributed by atoms with Crippen LogP contribution in [0.25, 0.3) is 87.5 Å². The highest BCUT2D eigenvalue weighted by molar-refractivity contribution is 6.28. The summed E-state index contributed by atoms with van der Waals surface area (Å²) in [6, 6.07) is 73.2. The number of aromatic nitrogens is 2. The van der Waals surface area contributed by atoms with Crippen LogP contribution in [-0.4, -0.2) is 8.97 Å². The van der Waals surface area contributed by atoms with Crippen LogP contribution >= 0.6 is 0 Å². The summed E-state index contributed by atoms with van der Waals surface area (Å²) in [6.07, 6.45) is 0. The van der Waals surface area contributed by atoms with Crippen LogP contribution in [-0.2, 0) is 0 Å². The topological polar surface area (TPSA) is 12.6 Å². The maximum Gasteiger partial charge on any atom is 0.0626 e. The van der Waals surface area contributed by atoms with Gasteiger partial charge in [0.15, 0.2) is 0 Å². The number of pyridine rings is 1. The average Bonchev–Trinajstić information content (AvgIpc) is 3.77. The zero-order valence-electron chi connectivity index (χ0n) is 29.9. The molecule has 0 atom stereocenters. The fourth-order valence-electron chi connectivity index (χ4n) is 9.21. The molecule has 0 saturated carbocycles. The minimum Gasteiger partial charge on any atom is -0.310 e. The van der Waals surface area contributed by atoms with E-state index in [1.165, 1.54) is 81.8 Å². The van der Waals surface area contributed by atoms with Gasteiger partial charge in [-0.05, 0) is 94.7 Å². The predicted octanol–water partition coefficient (Wildman–Crippen LogP) is 14.2. The number of hydrogen-bond donors (Lipinski definition) is 0. The largest absolute Gasteiger partial charge is 0.310 e. The van der Waals surface area contributed by atoms with Crippen LogP contribution < -0.4 is 4.90 Å². The molecular formula is C52H33N3. The van der Waals surface area contributed by atoms with Gasteiger partial charge in [-0.2, -0.15) is 0 Å². The highest BCUT2D eigenvalue weighted by Gasteiger charge is 2.21. The Labute approximate surface area is 317 Å². The van der Waals surface area contributed by atoms with Crippen molar-refractivity contribution < 1.29 is 0 Å². The molecule has 0 unspecified atom stereocenters. The maximum atomic E-state index is 2.49. The van der Waals surface area contributed by atoms with Gasteiger partial charge in [0.1, 0.15) is 0 Å². The molecule has 0 amide bonds. The van der Waals surface area contributed by atoms with Gasteiger partial charge in [-0.3, -0.25) is 0 Å². The van der Waals surface area contributed by atoms with Crippen LogP contribution in [0.3, 0.4) is 0 Å². The van der Waals surface area contributed by atoms with E-state index in [4.69, 9.17) is 0 Å². The summed E-state index contributed by atoms with van der Waals surface area (Å²) in [5.74, 6) is 0. The van der Waals surface area contributed by atoms with Gasteiger partial charge in [-0.15, -0.1) is 0 Å². The van der Waals surface area contributed by atoms with Crippen molar-refractivity contribution >= 4 is 87.7 Å². The lowest BCUT2D eigenvalue weighted by molar-refractivity contribution is 1.18. The SMILES string of the molecule is c1ccc(-c2ccc(-n3c4ccccc4c4cc(N(c5ccccc5)c5ccc6c(c5)c5ccc7cccc8c9ccccc9n6c5c78)ccc43)cc2)cc1. The summed E-state index contributed by atoms with van der Waals surface area (Å²) in [6.45, 7) is 0. The van der Waals surface area contributed by atoms with Gasteiger partial charge in [-0.1, -0.05) is 127 Å². The number of hydrogen-bond acceptors (Lipinski definition) is 1. The van der Waals surface area contributed by atoms with Gasteiger partial charge in [0.25, 0.3) is 0 Å². The summed E-state index contributed by atoms with van der Waals surface area (Å²) in [5, 5.41) is 10.2. The van der Waals surface area contributed by atoms with Crippen molar-refractivity contribution in [2.24, 2.45) is 0 Å². The van der Waals surface area contributed by atoms with Crippen molar-refractivity contribution in [3.63, 3.8) is 0 Å². The third kappa shape index (κ3) is 4.38. The molecule has 55 heavy (non-hydrogen) atoms. The van der Waals surface area contributed by atoms with Crippen LogP contribution in [0.1, 0.15) is 0 Å². The summed E-state index contributed by atoms with van der Waals surface area (Å²) in [7, 11) is 0. The summed E-state index contributed by atoms with van der Waals surface area (Å²) in [4.78, 5) is 2.41. The molecule has 0 saturated heterocycles. The summed E-state index contributed by atoms with van der Waals surface area (Å²) >= 11 is 0. The number of benzene rings is 9. The Morgan fingerprint density at radius 2 is 0.891 bits per heavy atom. The van der Waals surface area contributed by atoms with Gasteiger partial charge in [-0.25, -0.2) is 0 Å². The van der Waals surface area contributed by atoms with E-state index in [0.717, 1.165) is 22.7 Å². The molecular weight excluding hydrogens is 667 g/mol. The second-order valence-electron chi connectivity index (χ2n) is 14.6. The minimum absolute atomic E-state index is 1.12. The molecule has 0 bridgehead atoms. The molecule has 12 aromatic rings.